The smallest absolute Gasteiger partial charge is 0.198 e. The second-order valence-corrected chi connectivity index (χ2v) is 2.93. The van der Waals surface area contributed by atoms with Gasteiger partial charge in [-0.05, 0) is 6.92 Å². The molecular weight excluding hydrogens is 206 g/mol. The van der Waals surface area contributed by atoms with E-state index in [0.29, 0.717) is 6.07 Å². The molecule has 80 valence electrons. The number of benzene rings is 1. The Labute approximate surface area is 83.9 Å². The zero-order valence-corrected chi connectivity index (χ0v) is 7.88. The third kappa shape index (κ3) is 1.40. The van der Waals surface area contributed by atoms with Crippen molar-refractivity contribution in [2.75, 3.05) is 6.61 Å². The Kier molecular flexibility index (Phi) is 2.22. The van der Waals surface area contributed by atoms with E-state index >= 15 is 0 Å². The highest BCUT2D eigenvalue weighted by Gasteiger charge is 2.19. The normalized spacial score (nSPS) is 10.9. The minimum absolute atomic E-state index is 0.119. The highest BCUT2D eigenvalue weighted by molar-refractivity contribution is 5.89. The van der Waals surface area contributed by atoms with Crippen molar-refractivity contribution >= 4 is 11.0 Å². The van der Waals surface area contributed by atoms with Crippen molar-refractivity contribution in [3.05, 3.63) is 24.0 Å². The van der Waals surface area contributed by atoms with E-state index in [9.17, 15) is 13.9 Å². The SMILES string of the molecule is CCOc1c(F)cc(F)c2c(O)coc12. The first-order chi connectivity index (χ1) is 7.15. The highest BCUT2D eigenvalue weighted by Crippen LogP contribution is 2.37. The number of hydrogen-bond acceptors (Lipinski definition) is 3. The molecule has 0 atom stereocenters. The van der Waals surface area contributed by atoms with Gasteiger partial charge in [0.15, 0.2) is 22.9 Å². The Morgan fingerprint density at radius 1 is 1.40 bits per heavy atom. The number of ether oxygens (including phenoxy) is 1. The van der Waals surface area contributed by atoms with Crippen LogP contribution in [-0.2, 0) is 0 Å². The highest BCUT2D eigenvalue weighted by atomic mass is 19.1. The molecule has 2 aromatic rings. The maximum atomic E-state index is 13.3. The molecular formula is C10H8F2O3. The quantitative estimate of drug-likeness (QED) is 0.835. The van der Waals surface area contributed by atoms with Crippen LogP contribution in [0.15, 0.2) is 16.7 Å². The largest absolute Gasteiger partial charge is 0.504 e. The van der Waals surface area contributed by atoms with Crippen LogP contribution in [0, 0.1) is 11.6 Å². The first kappa shape index (κ1) is 9.76. The average Bonchev–Trinajstić information content (AvgIpc) is 2.55. The van der Waals surface area contributed by atoms with E-state index in [2.05, 4.69) is 0 Å². The van der Waals surface area contributed by atoms with Gasteiger partial charge in [0.2, 0.25) is 0 Å². The predicted octanol–water partition coefficient (Wildman–Crippen LogP) is 2.82. The van der Waals surface area contributed by atoms with E-state index in [4.69, 9.17) is 9.15 Å². The summed E-state index contributed by atoms with van der Waals surface area (Å²) in [7, 11) is 0. The molecule has 0 aliphatic carbocycles. The van der Waals surface area contributed by atoms with Gasteiger partial charge in [0.1, 0.15) is 17.5 Å². The van der Waals surface area contributed by atoms with Crippen LogP contribution >= 0.6 is 0 Å². The van der Waals surface area contributed by atoms with Gasteiger partial charge in [-0.3, -0.25) is 0 Å². The first-order valence-electron chi connectivity index (χ1n) is 4.36. The van der Waals surface area contributed by atoms with Crippen molar-refractivity contribution in [3.63, 3.8) is 0 Å². The monoisotopic (exact) mass is 214 g/mol. The van der Waals surface area contributed by atoms with Crippen LogP contribution in [0.5, 0.6) is 11.5 Å². The fourth-order valence-corrected chi connectivity index (χ4v) is 1.38. The molecule has 5 heteroatoms. The molecule has 0 saturated carbocycles. The Balaban J connectivity index is 2.79. The molecule has 0 bridgehead atoms. The Bertz CT molecular complexity index is 505. The zero-order valence-electron chi connectivity index (χ0n) is 7.88. The van der Waals surface area contributed by atoms with Gasteiger partial charge in [-0.2, -0.15) is 0 Å². The summed E-state index contributed by atoms with van der Waals surface area (Å²) in [6.45, 7) is 1.89. The summed E-state index contributed by atoms with van der Waals surface area (Å²) in [6.07, 6.45) is 0.940. The molecule has 0 aliphatic heterocycles. The number of aromatic hydroxyl groups is 1. The standard InChI is InChI=1S/C10H8F2O3/c1-2-14-9-6(12)3-5(11)8-7(13)4-15-10(8)9/h3-4,13H,2H2,1H3. The van der Waals surface area contributed by atoms with Gasteiger partial charge in [0.25, 0.3) is 0 Å². The molecule has 0 unspecified atom stereocenters. The molecule has 0 saturated heterocycles. The molecule has 0 radical (unpaired) electrons. The lowest BCUT2D eigenvalue weighted by molar-refractivity contribution is 0.319. The average molecular weight is 214 g/mol. The van der Waals surface area contributed by atoms with Crippen molar-refractivity contribution in [1.29, 1.82) is 0 Å². The first-order valence-corrected chi connectivity index (χ1v) is 4.36. The van der Waals surface area contributed by atoms with E-state index < -0.39 is 11.6 Å². The van der Waals surface area contributed by atoms with E-state index in [1.165, 1.54) is 0 Å². The fourth-order valence-electron chi connectivity index (χ4n) is 1.38. The Morgan fingerprint density at radius 2 is 2.13 bits per heavy atom. The molecule has 0 aliphatic rings. The molecule has 1 aromatic heterocycles. The summed E-state index contributed by atoms with van der Waals surface area (Å²) in [5.74, 6) is -2.29. The van der Waals surface area contributed by atoms with E-state index in [-0.39, 0.29) is 29.1 Å². The van der Waals surface area contributed by atoms with Crippen LogP contribution < -0.4 is 4.74 Å². The lowest BCUT2D eigenvalue weighted by Crippen LogP contribution is -1.96. The second kappa shape index (κ2) is 3.42. The fraction of sp³-hybridized carbons (Fsp3) is 0.200. The van der Waals surface area contributed by atoms with Crippen molar-refractivity contribution in [2.45, 2.75) is 6.92 Å². The number of furan rings is 1. The van der Waals surface area contributed by atoms with E-state index in [1.807, 2.05) is 0 Å². The summed E-state index contributed by atoms with van der Waals surface area (Å²) < 4.78 is 36.3. The Morgan fingerprint density at radius 3 is 2.80 bits per heavy atom. The lowest BCUT2D eigenvalue weighted by Gasteiger charge is -2.05. The summed E-state index contributed by atoms with van der Waals surface area (Å²) in [5.41, 5.74) is -0.119. The topological polar surface area (TPSA) is 42.6 Å². The molecule has 1 heterocycles. The molecule has 3 nitrogen and oxygen atoms in total. The van der Waals surface area contributed by atoms with Crippen LogP contribution in [0.4, 0.5) is 8.78 Å². The van der Waals surface area contributed by atoms with Crippen molar-refractivity contribution < 1.29 is 23.0 Å². The number of hydrogen-bond donors (Lipinski definition) is 1. The van der Waals surface area contributed by atoms with Crippen molar-refractivity contribution in [3.8, 4) is 11.5 Å². The van der Waals surface area contributed by atoms with Gasteiger partial charge in [-0.15, -0.1) is 0 Å². The van der Waals surface area contributed by atoms with Crippen LogP contribution in [0.25, 0.3) is 11.0 Å². The maximum absolute atomic E-state index is 13.3. The molecule has 1 N–H and O–H groups in total. The van der Waals surface area contributed by atoms with Crippen molar-refractivity contribution in [2.24, 2.45) is 0 Å². The van der Waals surface area contributed by atoms with E-state index in [1.54, 1.807) is 6.92 Å². The van der Waals surface area contributed by atoms with E-state index in [0.717, 1.165) is 6.26 Å². The van der Waals surface area contributed by atoms with Gasteiger partial charge in [-0.25, -0.2) is 8.78 Å². The van der Waals surface area contributed by atoms with Crippen LogP contribution in [0.3, 0.4) is 0 Å². The van der Waals surface area contributed by atoms with Gasteiger partial charge >= 0.3 is 0 Å². The Hall–Kier alpha value is -1.78. The molecule has 0 fully saturated rings. The van der Waals surface area contributed by atoms with Gasteiger partial charge < -0.3 is 14.3 Å². The molecule has 1 aromatic carbocycles. The number of rotatable bonds is 2. The molecule has 0 spiro atoms. The van der Waals surface area contributed by atoms with Gasteiger partial charge in [0.05, 0.1) is 6.61 Å². The van der Waals surface area contributed by atoms with Crippen LogP contribution in [0.1, 0.15) is 6.92 Å². The molecule has 15 heavy (non-hydrogen) atoms. The number of halogens is 2. The van der Waals surface area contributed by atoms with Gasteiger partial charge in [0, 0.05) is 6.07 Å². The minimum Gasteiger partial charge on any atom is -0.504 e. The summed E-state index contributed by atoms with van der Waals surface area (Å²) >= 11 is 0. The zero-order chi connectivity index (χ0) is 11.0. The third-order valence-corrected chi connectivity index (χ3v) is 1.98. The summed E-state index contributed by atoms with van der Waals surface area (Å²) in [6, 6.07) is 0.655. The summed E-state index contributed by atoms with van der Waals surface area (Å²) in [4.78, 5) is 0. The molecule has 0 amide bonds. The predicted molar refractivity (Wildman–Crippen MR) is 49.0 cm³/mol. The van der Waals surface area contributed by atoms with Crippen LogP contribution in [0.2, 0.25) is 0 Å². The van der Waals surface area contributed by atoms with Crippen molar-refractivity contribution in [1.82, 2.24) is 0 Å². The second-order valence-electron chi connectivity index (χ2n) is 2.93. The third-order valence-electron chi connectivity index (χ3n) is 1.98. The maximum Gasteiger partial charge on any atom is 0.198 e. The van der Waals surface area contributed by atoms with Gasteiger partial charge in [-0.1, -0.05) is 0 Å². The number of fused-ring (bicyclic) bond motifs is 1. The van der Waals surface area contributed by atoms with Crippen LogP contribution in [-0.4, -0.2) is 11.7 Å². The minimum atomic E-state index is -0.878. The molecule has 2 rings (SSSR count). The summed E-state index contributed by atoms with van der Waals surface area (Å²) in [5, 5.41) is 9.10. The lowest BCUT2D eigenvalue weighted by atomic mass is 10.2.